The van der Waals surface area contributed by atoms with Crippen LogP contribution in [-0.2, 0) is 24.0 Å². The lowest BCUT2D eigenvalue weighted by Crippen LogP contribution is -2.61. The van der Waals surface area contributed by atoms with Crippen molar-refractivity contribution in [3.05, 3.63) is 0 Å². The van der Waals surface area contributed by atoms with Gasteiger partial charge in [-0.25, -0.2) is 0 Å². The van der Waals surface area contributed by atoms with Crippen LogP contribution in [0.25, 0.3) is 0 Å². The van der Waals surface area contributed by atoms with Gasteiger partial charge >= 0.3 is 0 Å². The van der Waals surface area contributed by atoms with Crippen LogP contribution in [0, 0.1) is 0 Å². The maximum absolute atomic E-state index is 12.5. The number of hydrogen-bond donors (Lipinski definition) is 4. The summed E-state index contributed by atoms with van der Waals surface area (Å²) in [5.41, 5.74) is 10.4. The minimum Gasteiger partial charge on any atom is -0.370 e. The SMILES string of the molecule is NC(=O)CC(NC(=O)C1CC(=O)N1)C(=O)N1CCCC1C(N)=O. The lowest BCUT2D eigenvalue weighted by atomic mass is 10.0. The van der Waals surface area contributed by atoms with Crippen molar-refractivity contribution in [1.82, 2.24) is 15.5 Å². The Morgan fingerprint density at radius 2 is 1.96 bits per heavy atom. The summed E-state index contributed by atoms with van der Waals surface area (Å²) >= 11 is 0. The van der Waals surface area contributed by atoms with Gasteiger partial charge in [-0.2, -0.15) is 0 Å². The summed E-state index contributed by atoms with van der Waals surface area (Å²) < 4.78 is 0. The topological polar surface area (TPSA) is 165 Å². The van der Waals surface area contributed by atoms with Gasteiger partial charge in [0.15, 0.2) is 0 Å². The molecule has 5 amide bonds. The van der Waals surface area contributed by atoms with Gasteiger partial charge in [-0.1, -0.05) is 0 Å². The van der Waals surface area contributed by atoms with Gasteiger partial charge in [-0.15, -0.1) is 0 Å². The molecule has 0 aromatic carbocycles. The van der Waals surface area contributed by atoms with Crippen molar-refractivity contribution in [2.24, 2.45) is 11.5 Å². The highest BCUT2D eigenvalue weighted by Crippen LogP contribution is 2.19. The number of primary amides is 2. The van der Waals surface area contributed by atoms with E-state index in [0.717, 1.165) is 0 Å². The van der Waals surface area contributed by atoms with Gasteiger partial charge in [0.25, 0.3) is 0 Å². The molecule has 0 aromatic rings. The molecule has 0 aliphatic carbocycles. The Balaban J connectivity index is 2.06. The molecule has 0 saturated carbocycles. The standard InChI is InChI=1S/C13H19N5O5/c14-9(19)4-7(17-12(22)6-5-10(20)16-6)13(23)18-3-1-2-8(18)11(15)21/h6-8H,1-5H2,(H2,14,19)(H2,15,21)(H,16,20)(H,17,22). The van der Waals surface area contributed by atoms with E-state index in [-0.39, 0.29) is 12.3 Å². The second kappa shape index (κ2) is 6.63. The average molecular weight is 325 g/mol. The number of nitrogens with zero attached hydrogens (tertiary/aromatic N) is 1. The molecule has 2 aliphatic rings. The Kier molecular flexibility index (Phi) is 4.82. The van der Waals surface area contributed by atoms with Gasteiger partial charge in [0, 0.05) is 6.54 Å². The van der Waals surface area contributed by atoms with Gasteiger partial charge < -0.3 is 27.0 Å². The maximum atomic E-state index is 12.5. The summed E-state index contributed by atoms with van der Waals surface area (Å²) in [6.07, 6.45) is 0.677. The predicted octanol–water partition coefficient (Wildman–Crippen LogP) is -3.29. The third kappa shape index (κ3) is 3.76. The number of rotatable bonds is 6. The lowest BCUT2D eigenvalue weighted by molar-refractivity contribution is -0.143. The molecule has 3 atom stereocenters. The smallest absolute Gasteiger partial charge is 0.246 e. The summed E-state index contributed by atoms with van der Waals surface area (Å²) in [6, 6.07) is -2.66. The second-order valence-electron chi connectivity index (χ2n) is 5.65. The van der Waals surface area contributed by atoms with Gasteiger partial charge in [-0.05, 0) is 12.8 Å². The van der Waals surface area contributed by atoms with E-state index in [2.05, 4.69) is 10.6 Å². The van der Waals surface area contributed by atoms with E-state index >= 15 is 0 Å². The molecule has 126 valence electrons. The summed E-state index contributed by atoms with van der Waals surface area (Å²) in [5.74, 6) is -2.82. The fourth-order valence-corrected chi connectivity index (χ4v) is 2.72. The van der Waals surface area contributed by atoms with E-state index < -0.39 is 48.2 Å². The molecule has 6 N–H and O–H groups in total. The second-order valence-corrected chi connectivity index (χ2v) is 5.65. The van der Waals surface area contributed by atoms with E-state index in [9.17, 15) is 24.0 Å². The van der Waals surface area contributed by atoms with E-state index in [1.54, 1.807) is 0 Å². The largest absolute Gasteiger partial charge is 0.370 e. The molecule has 2 fully saturated rings. The van der Waals surface area contributed by atoms with Gasteiger partial charge in [0.1, 0.15) is 18.1 Å². The Morgan fingerprint density at radius 3 is 2.48 bits per heavy atom. The molecule has 23 heavy (non-hydrogen) atoms. The fourth-order valence-electron chi connectivity index (χ4n) is 2.72. The number of β-lactam (4-membered cyclic amide) rings is 1. The Bertz CT molecular complexity index is 555. The number of nitrogens with two attached hydrogens (primary N) is 2. The highest BCUT2D eigenvalue weighted by molar-refractivity contribution is 6.00. The van der Waals surface area contributed by atoms with Crippen LogP contribution in [0.5, 0.6) is 0 Å². The van der Waals surface area contributed by atoms with E-state index in [1.807, 2.05) is 0 Å². The highest BCUT2D eigenvalue weighted by Gasteiger charge is 2.39. The van der Waals surface area contributed by atoms with Crippen LogP contribution in [0.2, 0.25) is 0 Å². The van der Waals surface area contributed by atoms with Crippen molar-refractivity contribution >= 4 is 29.5 Å². The summed E-state index contributed by atoms with van der Waals surface area (Å²) in [7, 11) is 0. The number of likely N-dealkylation sites (tertiary alicyclic amines) is 1. The van der Waals surface area contributed by atoms with Crippen LogP contribution in [0.4, 0.5) is 0 Å². The number of nitrogens with one attached hydrogen (secondary N) is 2. The zero-order valence-corrected chi connectivity index (χ0v) is 12.4. The number of carbonyl (C=O) groups excluding carboxylic acids is 5. The minimum absolute atomic E-state index is 0.0247. The van der Waals surface area contributed by atoms with Crippen molar-refractivity contribution in [3.8, 4) is 0 Å². The normalized spacial score (nSPS) is 24.3. The van der Waals surface area contributed by atoms with Crippen molar-refractivity contribution in [2.45, 2.75) is 43.8 Å². The zero-order valence-electron chi connectivity index (χ0n) is 12.4. The van der Waals surface area contributed by atoms with E-state index in [4.69, 9.17) is 11.5 Å². The van der Waals surface area contributed by atoms with Crippen LogP contribution in [0.3, 0.4) is 0 Å². The Labute approximate surface area is 131 Å². The Morgan fingerprint density at radius 1 is 1.30 bits per heavy atom. The molecular weight excluding hydrogens is 306 g/mol. The van der Waals surface area contributed by atoms with Crippen LogP contribution < -0.4 is 22.1 Å². The zero-order chi connectivity index (χ0) is 17.1. The lowest BCUT2D eigenvalue weighted by Gasteiger charge is -2.30. The van der Waals surface area contributed by atoms with Gasteiger partial charge in [0.2, 0.25) is 29.5 Å². The first-order valence-corrected chi connectivity index (χ1v) is 7.27. The highest BCUT2D eigenvalue weighted by atomic mass is 16.2. The monoisotopic (exact) mass is 325 g/mol. The molecule has 2 aliphatic heterocycles. The van der Waals surface area contributed by atoms with Gasteiger partial charge in [-0.3, -0.25) is 24.0 Å². The van der Waals surface area contributed by atoms with Crippen LogP contribution >= 0.6 is 0 Å². The predicted molar refractivity (Wildman–Crippen MR) is 76.2 cm³/mol. The third-order valence-corrected chi connectivity index (χ3v) is 3.93. The van der Waals surface area contributed by atoms with Crippen molar-refractivity contribution in [1.29, 1.82) is 0 Å². The quantitative estimate of drug-likeness (QED) is 0.375. The van der Waals surface area contributed by atoms with Crippen molar-refractivity contribution in [2.75, 3.05) is 6.54 Å². The van der Waals surface area contributed by atoms with Crippen LogP contribution in [0.1, 0.15) is 25.7 Å². The number of hydrogen-bond acceptors (Lipinski definition) is 5. The average Bonchev–Trinajstić information content (AvgIpc) is 2.91. The number of amides is 5. The molecular formula is C13H19N5O5. The summed E-state index contributed by atoms with van der Waals surface area (Å²) in [5, 5.41) is 4.78. The van der Waals surface area contributed by atoms with Crippen LogP contribution in [-0.4, -0.2) is 59.1 Å². The minimum atomic E-state index is -1.18. The summed E-state index contributed by atoms with van der Waals surface area (Å²) in [4.78, 5) is 59.2. The van der Waals surface area contributed by atoms with E-state index in [1.165, 1.54) is 4.90 Å². The van der Waals surface area contributed by atoms with Crippen molar-refractivity contribution < 1.29 is 24.0 Å². The van der Waals surface area contributed by atoms with Gasteiger partial charge in [0.05, 0.1) is 12.8 Å². The molecule has 10 nitrogen and oxygen atoms in total. The molecule has 0 bridgehead atoms. The third-order valence-electron chi connectivity index (χ3n) is 3.93. The summed E-state index contributed by atoms with van der Waals surface area (Å²) in [6.45, 7) is 0.317. The van der Waals surface area contributed by atoms with Crippen LogP contribution in [0.15, 0.2) is 0 Å². The molecule has 2 heterocycles. The maximum Gasteiger partial charge on any atom is 0.246 e. The van der Waals surface area contributed by atoms with E-state index in [0.29, 0.717) is 19.4 Å². The Hall–Kier alpha value is -2.65. The molecule has 2 saturated heterocycles. The molecule has 0 aromatic heterocycles. The molecule has 10 heteroatoms. The number of carbonyl (C=O) groups is 5. The van der Waals surface area contributed by atoms with Crippen molar-refractivity contribution in [3.63, 3.8) is 0 Å². The molecule has 0 spiro atoms. The first-order valence-electron chi connectivity index (χ1n) is 7.27. The molecule has 3 unspecified atom stereocenters. The first-order chi connectivity index (χ1) is 10.8. The fraction of sp³-hybridized carbons (Fsp3) is 0.615. The molecule has 0 radical (unpaired) electrons. The first kappa shape index (κ1) is 16.7. The molecule has 2 rings (SSSR count).